The molecule has 0 aromatic carbocycles. The first-order chi connectivity index (χ1) is 10.00. The van der Waals surface area contributed by atoms with Gasteiger partial charge in [-0.2, -0.15) is 0 Å². The van der Waals surface area contributed by atoms with Crippen molar-refractivity contribution in [2.24, 2.45) is 11.8 Å². The molecule has 1 saturated heterocycles. The Morgan fingerprint density at radius 1 is 1.57 bits per heavy atom. The minimum Gasteiger partial charge on any atom is -0.383 e. The SMILES string of the molecule is COCCNCC(Cc1csc(C)n1)C1CCS(=O)(=O)C1. The molecule has 1 aliphatic heterocycles. The quantitative estimate of drug-likeness (QED) is 0.726. The van der Waals surface area contributed by atoms with Gasteiger partial charge in [0.1, 0.15) is 0 Å². The monoisotopic (exact) mass is 332 g/mol. The Kier molecular flexibility index (Phi) is 6.16. The number of hydrogen-bond donors (Lipinski definition) is 1. The molecule has 2 atom stereocenters. The molecule has 2 rings (SSSR count). The van der Waals surface area contributed by atoms with Crippen molar-refractivity contribution >= 4 is 21.2 Å². The second-order valence-electron chi connectivity index (χ2n) is 5.68. The van der Waals surface area contributed by atoms with Crippen molar-refractivity contribution in [3.8, 4) is 0 Å². The van der Waals surface area contributed by atoms with Gasteiger partial charge >= 0.3 is 0 Å². The molecule has 1 aromatic rings. The Balaban J connectivity index is 1.96. The van der Waals surface area contributed by atoms with E-state index in [1.165, 1.54) is 0 Å². The maximum Gasteiger partial charge on any atom is 0.150 e. The van der Waals surface area contributed by atoms with Crippen LogP contribution in [0.3, 0.4) is 0 Å². The van der Waals surface area contributed by atoms with Crippen molar-refractivity contribution in [2.75, 3.05) is 38.3 Å². The molecule has 0 amide bonds. The standard InChI is InChI=1S/C14H24N2O3S2/c1-11-16-14(9-20-11)7-13(8-15-4-5-19-2)12-3-6-21(17,18)10-12/h9,12-13,15H,3-8,10H2,1-2H3. The van der Waals surface area contributed by atoms with Crippen molar-refractivity contribution < 1.29 is 13.2 Å². The summed E-state index contributed by atoms with van der Waals surface area (Å²) in [5, 5.41) is 6.52. The van der Waals surface area contributed by atoms with Gasteiger partial charge in [-0.3, -0.25) is 0 Å². The molecule has 0 spiro atoms. The highest BCUT2D eigenvalue weighted by Gasteiger charge is 2.33. The number of aryl methyl sites for hydroxylation is 1. The first-order valence-electron chi connectivity index (χ1n) is 7.31. The summed E-state index contributed by atoms with van der Waals surface area (Å²) in [5.74, 6) is 1.22. The molecule has 1 aliphatic rings. The van der Waals surface area contributed by atoms with E-state index in [1.807, 2.05) is 6.92 Å². The summed E-state index contributed by atoms with van der Waals surface area (Å²) in [7, 11) is -1.15. The number of thiazole rings is 1. The lowest BCUT2D eigenvalue weighted by Crippen LogP contribution is -2.32. The summed E-state index contributed by atoms with van der Waals surface area (Å²) < 4.78 is 28.5. The van der Waals surface area contributed by atoms with Gasteiger partial charge in [0.25, 0.3) is 0 Å². The third-order valence-corrected chi connectivity index (χ3v) is 6.58. The Hall–Kier alpha value is -0.500. The Bertz CT molecular complexity index is 542. The third-order valence-electron chi connectivity index (χ3n) is 3.96. The van der Waals surface area contributed by atoms with Gasteiger partial charge in [-0.15, -0.1) is 11.3 Å². The van der Waals surface area contributed by atoms with Gasteiger partial charge in [-0.05, 0) is 38.1 Å². The molecule has 21 heavy (non-hydrogen) atoms. The molecular formula is C14H24N2O3S2. The Labute approximate surface area is 131 Å². The van der Waals surface area contributed by atoms with Gasteiger partial charge in [0.2, 0.25) is 0 Å². The van der Waals surface area contributed by atoms with Crippen LogP contribution in [0.2, 0.25) is 0 Å². The maximum atomic E-state index is 11.7. The highest BCUT2D eigenvalue weighted by Crippen LogP contribution is 2.28. The predicted octanol–water partition coefficient (Wildman–Crippen LogP) is 1.28. The van der Waals surface area contributed by atoms with Crippen LogP contribution in [-0.4, -0.2) is 51.7 Å². The summed E-state index contributed by atoms with van der Waals surface area (Å²) in [4.78, 5) is 4.52. The smallest absolute Gasteiger partial charge is 0.150 e. The number of methoxy groups -OCH3 is 1. The lowest BCUT2D eigenvalue weighted by molar-refractivity contribution is 0.195. The van der Waals surface area contributed by atoms with E-state index in [9.17, 15) is 8.42 Å². The fraction of sp³-hybridized carbons (Fsp3) is 0.786. The summed E-state index contributed by atoms with van der Waals surface area (Å²) >= 11 is 1.65. The minimum absolute atomic E-state index is 0.243. The van der Waals surface area contributed by atoms with Crippen LogP contribution in [0, 0.1) is 18.8 Å². The van der Waals surface area contributed by atoms with Crippen LogP contribution < -0.4 is 5.32 Å². The zero-order valence-electron chi connectivity index (χ0n) is 12.7. The molecule has 0 saturated carbocycles. The summed E-state index contributed by atoms with van der Waals surface area (Å²) in [6, 6.07) is 0. The molecule has 5 nitrogen and oxygen atoms in total. The van der Waals surface area contributed by atoms with Crippen LogP contribution in [0.4, 0.5) is 0 Å². The second-order valence-corrected chi connectivity index (χ2v) is 8.97. The molecule has 0 radical (unpaired) electrons. The van der Waals surface area contributed by atoms with Crippen molar-refractivity contribution in [3.63, 3.8) is 0 Å². The second kappa shape index (κ2) is 7.67. The molecule has 1 fully saturated rings. The maximum absolute atomic E-state index is 11.7. The number of nitrogens with zero attached hydrogens (tertiary/aromatic N) is 1. The van der Waals surface area contributed by atoms with E-state index in [0.717, 1.165) is 36.6 Å². The van der Waals surface area contributed by atoms with E-state index < -0.39 is 9.84 Å². The van der Waals surface area contributed by atoms with Gasteiger partial charge in [-0.25, -0.2) is 13.4 Å². The third kappa shape index (κ3) is 5.32. The average molecular weight is 332 g/mol. The topological polar surface area (TPSA) is 68.3 Å². The molecule has 0 bridgehead atoms. The van der Waals surface area contributed by atoms with E-state index in [4.69, 9.17) is 4.74 Å². The van der Waals surface area contributed by atoms with Crippen molar-refractivity contribution in [1.29, 1.82) is 0 Å². The van der Waals surface area contributed by atoms with E-state index in [1.54, 1.807) is 18.4 Å². The predicted molar refractivity (Wildman–Crippen MR) is 85.6 cm³/mol. The van der Waals surface area contributed by atoms with E-state index in [2.05, 4.69) is 15.7 Å². The fourth-order valence-electron chi connectivity index (χ4n) is 2.83. The largest absolute Gasteiger partial charge is 0.383 e. The average Bonchev–Trinajstić information content (AvgIpc) is 2.99. The molecule has 2 heterocycles. The normalized spacial score (nSPS) is 22.5. The van der Waals surface area contributed by atoms with E-state index in [-0.39, 0.29) is 5.92 Å². The molecule has 7 heteroatoms. The highest BCUT2D eigenvalue weighted by molar-refractivity contribution is 7.91. The Morgan fingerprint density at radius 3 is 2.95 bits per heavy atom. The lowest BCUT2D eigenvalue weighted by atomic mass is 9.88. The number of nitrogens with one attached hydrogen (secondary N) is 1. The first-order valence-corrected chi connectivity index (χ1v) is 10.0. The molecule has 1 N–H and O–H groups in total. The fourth-order valence-corrected chi connectivity index (χ4v) is 5.38. The van der Waals surface area contributed by atoms with Gasteiger partial charge in [0, 0.05) is 19.0 Å². The number of sulfone groups is 1. The van der Waals surface area contributed by atoms with E-state index in [0.29, 0.717) is 24.0 Å². The molecule has 1 aromatic heterocycles. The summed E-state index contributed by atoms with van der Waals surface area (Å²) in [5.41, 5.74) is 1.08. The Morgan fingerprint density at radius 2 is 2.38 bits per heavy atom. The molecular weight excluding hydrogens is 308 g/mol. The van der Waals surface area contributed by atoms with Gasteiger partial charge in [0.05, 0.1) is 28.8 Å². The minimum atomic E-state index is -2.83. The van der Waals surface area contributed by atoms with Crippen LogP contribution in [0.5, 0.6) is 0 Å². The molecule has 120 valence electrons. The van der Waals surface area contributed by atoms with Gasteiger partial charge < -0.3 is 10.1 Å². The van der Waals surface area contributed by atoms with E-state index >= 15 is 0 Å². The van der Waals surface area contributed by atoms with Crippen LogP contribution in [0.25, 0.3) is 0 Å². The lowest BCUT2D eigenvalue weighted by Gasteiger charge is -2.22. The van der Waals surface area contributed by atoms with Crippen molar-refractivity contribution in [1.82, 2.24) is 10.3 Å². The van der Waals surface area contributed by atoms with Crippen LogP contribution >= 0.6 is 11.3 Å². The van der Waals surface area contributed by atoms with Crippen molar-refractivity contribution in [2.45, 2.75) is 19.8 Å². The highest BCUT2D eigenvalue weighted by atomic mass is 32.2. The number of aromatic nitrogens is 1. The number of ether oxygens (including phenoxy) is 1. The van der Waals surface area contributed by atoms with Crippen LogP contribution in [0.15, 0.2) is 5.38 Å². The molecule has 2 unspecified atom stereocenters. The number of rotatable bonds is 8. The van der Waals surface area contributed by atoms with Gasteiger partial charge in [-0.1, -0.05) is 0 Å². The van der Waals surface area contributed by atoms with Crippen LogP contribution in [-0.2, 0) is 21.0 Å². The van der Waals surface area contributed by atoms with Crippen LogP contribution in [0.1, 0.15) is 17.1 Å². The number of hydrogen-bond acceptors (Lipinski definition) is 6. The summed E-state index contributed by atoms with van der Waals surface area (Å²) in [6.07, 6.45) is 1.63. The summed E-state index contributed by atoms with van der Waals surface area (Å²) in [6.45, 7) is 4.29. The first kappa shape index (κ1) is 16.9. The molecule has 0 aliphatic carbocycles. The van der Waals surface area contributed by atoms with Crippen molar-refractivity contribution in [3.05, 3.63) is 16.1 Å². The zero-order chi connectivity index (χ0) is 15.3. The van der Waals surface area contributed by atoms with Gasteiger partial charge in [0.15, 0.2) is 9.84 Å². The zero-order valence-corrected chi connectivity index (χ0v) is 14.3.